The van der Waals surface area contributed by atoms with Gasteiger partial charge in [-0.3, -0.25) is 4.98 Å². The second-order valence-electron chi connectivity index (χ2n) is 5.69. The minimum Gasteiger partial charge on any atom is -0.483 e. The summed E-state index contributed by atoms with van der Waals surface area (Å²) in [5, 5.41) is 0. The molecule has 4 nitrogen and oxygen atoms in total. The molecule has 18 heavy (non-hydrogen) atoms. The highest BCUT2D eigenvalue weighted by Crippen LogP contribution is 2.46. The van der Waals surface area contributed by atoms with Crippen molar-refractivity contribution in [3.8, 4) is 5.75 Å². The molecule has 1 aromatic rings. The van der Waals surface area contributed by atoms with E-state index in [0.717, 1.165) is 37.2 Å². The first kappa shape index (κ1) is 11.9. The molecule has 0 bridgehead atoms. The Kier molecular flexibility index (Phi) is 2.79. The van der Waals surface area contributed by atoms with Crippen LogP contribution in [0.5, 0.6) is 5.75 Å². The monoisotopic (exact) mass is 247 g/mol. The lowest BCUT2D eigenvalue weighted by Crippen LogP contribution is -2.52. The number of ether oxygens (including phenoxy) is 1. The zero-order valence-electron chi connectivity index (χ0n) is 11.1. The molecule has 98 valence electrons. The number of nitrogens with two attached hydrogens (primary N) is 1. The molecular weight excluding hydrogens is 226 g/mol. The maximum atomic E-state index is 6.41. The Morgan fingerprint density at radius 2 is 2.17 bits per heavy atom. The highest BCUT2D eigenvalue weighted by Gasteiger charge is 2.48. The Labute approximate surface area is 108 Å². The SMILES string of the molecule is CC(C)N1CCC2(CC1)Oc1cnccc1[C@@H]2N. The summed E-state index contributed by atoms with van der Waals surface area (Å²) in [6, 6.07) is 2.58. The van der Waals surface area contributed by atoms with Crippen LogP contribution in [-0.4, -0.2) is 34.6 Å². The molecule has 1 atom stereocenters. The van der Waals surface area contributed by atoms with Crippen molar-refractivity contribution >= 4 is 0 Å². The number of fused-ring (bicyclic) bond motifs is 1. The van der Waals surface area contributed by atoms with Gasteiger partial charge in [0.15, 0.2) is 0 Å². The van der Waals surface area contributed by atoms with Gasteiger partial charge in [-0.15, -0.1) is 0 Å². The highest BCUT2D eigenvalue weighted by molar-refractivity contribution is 5.40. The zero-order valence-corrected chi connectivity index (χ0v) is 11.1. The third-order valence-electron chi connectivity index (χ3n) is 4.41. The number of hydrogen-bond acceptors (Lipinski definition) is 4. The van der Waals surface area contributed by atoms with E-state index in [-0.39, 0.29) is 11.6 Å². The molecule has 0 aliphatic carbocycles. The minimum atomic E-state index is -0.198. The quantitative estimate of drug-likeness (QED) is 0.821. The Morgan fingerprint density at radius 3 is 2.78 bits per heavy atom. The molecule has 1 fully saturated rings. The van der Waals surface area contributed by atoms with E-state index in [0.29, 0.717) is 6.04 Å². The number of rotatable bonds is 1. The molecule has 0 aromatic carbocycles. The maximum absolute atomic E-state index is 6.41. The Balaban J connectivity index is 1.80. The van der Waals surface area contributed by atoms with E-state index in [9.17, 15) is 0 Å². The molecule has 1 aromatic heterocycles. The van der Waals surface area contributed by atoms with Gasteiger partial charge >= 0.3 is 0 Å². The summed E-state index contributed by atoms with van der Waals surface area (Å²) >= 11 is 0. The Morgan fingerprint density at radius 1 is 1.44 bits per heavy atom. The van der Waals surface area contributed by atoms with E-state index in [1.807, 2.05) is 6.07 Å². The lowest BCUT2D eigenvalue weighted by atomic mass is 9.83. The molecule has 3 rings (SSSR count). The molecule has 0 saturated carbocycles. The molecule has 2 aliphatic rings. The second-order valence-corrected chi connectivity index (χ2v) is 5.69. The standard InChI is InChI=1S/C14H21N3O/c1-10(2)17-7-4-14(5-8-17)13(15)11-3-6-16-9-12(11)18-14/h3,6,9-10,13H,4-5,7-8,15H2,1-2H3/t13-/m0/s1. The third-order valence-corrected chi connectivity index (χ3v) is 4.41. The van der Waals surface area contributed by atoms with E-state index in [1.54, 1.807) is 12.4 Å². The second kappa shape index (κ2) is 4.21. The fraction of sp³-hybridized carbons (Fsp3) is 0.643. The zero-order chi connectivity index (χ0) is 12.8. The van der Waals surface area contributed by atoms with Gasteiger partial charge in [-0.2, -0.15) is 0 Å². The van der Waals surface area contributed by atoms with Gasteiger partial charge in [0.1, 0.15) is 11.4 Å². The largest absolute Gasteiger partial charge is 0.483 e. The van der Waals surface area contributed by atoms with Gasteiger partial charge in [0.2, 0.25) is 0 Å². The van der Waals surface area contributed by atoms with Gasteiger partial charge in [0.25, 0.3) is 0 Å². The van der Waals surface area contributed by atoms with Crippen LogP contribution in [0.15, 0.2) is 18.5 Å². The van der Waals surface area contributed by atoms with Crippen LogP contribution >= 0.6 is 0 Å². The van der Waals surface area contributed by atoms with Crippen LogP contribution in [0.25, 0.3) is 0 Å². The lowest BCUT2D eigenvalue weighted by Gasteiger charge is -2.42. The number of pyridine rings is 1. The number of piperidine rings is 1. The fourth-order valence-electron chi connectivity index (χ4n) is 3.13. The van der Waals surface area contributed by atoms with Crippen molar-refractivity contribution in [1.29, 1.82) is 0 Å². The number of aromatic nitrogens is 1. The van der Waals surface area contributed by atoms with Crippen LogP contribution in [-0.2, 0) is 0 Å². The first-order chi connectivity index (χ1) is 8.62. The average Bonchev–Trinajstić information content (AvgIpc) is 2.64. The van der Waals surface area contributed by atoms with Crippen molar-refractivity contribution in [3.05, 3.63) is 24.0 Å². The van der Waals surface area contributed by atoms with E-state index in [2.05, 4.69) is 23.7 Å². The first-order valence-corrected chi connectivity index (χ1v) is 6.75. The average molecular weight is 247 g/mol. The van der Waals surface area contributed by atoms with Crippen LogP contribution < -0.4 is 10.5 Å². The summed E-state index contributed by atoms with van der Waals surface area (Å²) in [5.74, 6) is 0.878. The molecule has 4 heteroatoms. The normalized spacial score (nSPS) is 26.3. The van der Waals surface area contributed by atoms with E-state index < -0.39 is 0 Å². The molecule has 2 N–H and O–H groups in total. The molecule has 0 amide bonds. The van der Waals surface area contributed by atoms with Crippen molar-refractivity contribution in [1.82, 2.24) is 9.88 Å². The summed E-state index contributed by atoms with van der Waals surface area (Å²) in [5.41, 5.74) is 7.32. The molecule has 1 saturated heterocycles. The summed E-state index contributed by atoms with van der Waals surface area (Å²) in [6.07, 6.45) is 5.59. The van der Waals surface area contributed by atoms with Gasteiger partial charge in [-0.05, 0) is 19.9 Å². The van der Waals surface area contributed by atoms with Gasteiger partial charge in [0, 0.05) is 43.7 Å². The van der Waals surface area contributed by atoms with Gasteiger partial charge in [-0.1, -0.05) is 0 Å². The van der Waals surface area contributed by atoms with Crippen LogP contribution in [0.2, 0.25) is 0 Å². The van der Waals surface area contributed by atoms with Gasteiger partial charge in [0.05, 0.1) is 12.2 Å². The minimum absolute atomic E-state index is 0.00943. The van der Waals surface area contributed by atoms with Crippen LogP contribution in [0.4, 0.5) is 0 Å². The predicted molar refractivity (Wildman–Crippen MR) is 70.5 cm³/mol. The van der Waals surface area contributed by atoms with E-state index in [1.165, 1.54) is 0 Å². The molecule has 2 aliphatic heterocycles. The molecular formula is C14H21N3O. The van der Waals surface area contributed by atoms with Crippen molar-refractivity contribution in [2.45, 2.75) is 44.4 Å². The Hall–Kier alpha value is -1.13. The number of hydrogen-bond donors (Lipinski definition) is 1. The van der Waals surface area contributed by atoms with Gasteiger partial charge in [-0.25, -0.2) is 0 Å². The number of nitrogens with zero attached hydrogens (tertiary/aromatic N) is 2. The smallest absolute Gasteiger partial charge is 0.143 e. The molecule has 0 unspecified atom stereocenters. The molecule has 3 heterocycles. The summed E-state index contributed by atoms with van der Waals surface area (Å²) in [4.78, 5) is 6.61. The van der Waals surface area contributed by atoms with E-state index in [4.69, 9.17) is 10.5 Å². The summed E-state index contributed by atoms with van der Waals surface area (Å²) in [7, 11) is 0. The predicted octanol–water partition coefficient (Wildman–Crippen LogP) is 1.72. The van der Waals surface area contributed by atoms with Crippen LogP contribution in [0, 0.1) is 0 Å². The van der Waals surface area contributed by atoms with Gasteiger partial charge < -0.3 is 15.4 Å². The number of likely N-dealkylation sites (tertiary alicyclic amines) is 1. The lowest BCUT2D eigenvalue weighted by molar-refractivity contribution is -0.00703. The molecule has 1 spiro atoms. The third kappa shape index (κ3) is 1.71. The van der Waals surface area contributed by atoms with Crippen molar-refractivity contribution in [2.75, 3.05) is 13.1 Å². The summed E-state index contributed by atoms with van der Waals surface area (Å²) in [6.45, 7) is 6.61. The van der Waals surface area contributed by atoms with Crippen molar-refractivity contribution in [2.24, 2.45) is 5.73 Å². The van der Waals surface area contributed by atoms with Crippen molar-refractivity contribution in [3.63, 3.8) is 0 Å². The summed E-state index contributed by atoms with van der Waals surface area (Å²) < 4.78 is 6.16. The fourth-order valence-corrected chi connectivity index (χ4v) is 3.13. The highest BCUT2D eigenvalue weighted by atomic mass is 16.5. The first-order valence-electron chi connectivity index (χ1n) is 6.75. The van der Waals surface area contributed by atoms with Crippen LogP contribution in [0.3, 0.4) is 0 Å². The van der Waals surface area contributed by atoms with E-state index >= 15 is 0 Å². The maximum Gasteiger partial charge on any atom is 0.143 e. The Bertz CT molecular complexity index is 438. The van der Waals surface area contributed by atoms with Crippen molar-refractivity contribution < 1.29 is 4.74 Å². The topological polar surface area (TPSA) is 51.4 Å². The van der Waals surface area contributed by atoms with Crippen LogP contribution in [0.1, 0.15) is 38.3 Å². The molecule has 0 radical (unpaired) electrons.